The summed E-state index contributed by atoms with van der Waals surface area (Å²) in [5.74, 6) is 0. The van der Waals surface area contributed by atoms with Crippen molar-refractivity contribution in [2.75, 3.05) is 6.61 Å². The van der Waals surface area contributed by atoms with E-state index in [0.717, 1.165) is 6.61 Å². The van der Waals surface area contributed by atoms with Crippen molar-refractivity contribution in [3.8, 4) is 0 Å². The highest BCUT2D eigenvalue weighted by Gasteiger charge is 2.20. The van der Waals surface area contributed by atoms with E-state index in [0.29, 0.717) is 6.10 Å². The van der Waals surface area contributed by atoms with Crippen molar-refractivity contribution < 1.29 is 8.85 Å². The topological polar surface area (TPSA) is 18.5 Å². The van der Waals surface area contributed by atoms with Crippen LogP contribution in [0.1, 0.15) is 135 Å². The fourth-order valence-corrected chi connectivity index (χ4v) is 6.53. The molecule has 0 saturated heterocycles. The first-order chi connectivity index (χ1) is 15.6. The van der Waals surface area contributed by atoms with Crippen LogP contribution in [-0.4, -0.2) is 29.3 Å². The molecular formula is C29H64O2Si2. The van der Waals surface area contributed by atoms with E-state index in [4.69, 9.17) is 8.85 Å². The molecule has 0 heterocycles. The lowest BCUT2D eigenvalue weighted by Crippen LogP contribution is -2.32. The standard InChI is InChI=1S/C29H64O2Si2/c1-8-9-10-11-20-23-26-29(31-33(5,6)7)27-24-21-18-16-14-12-13-15-17-19-22-25-28-30-32(2,3)4/h29H,8-28H2,1-7H3. The summed E-state index contributed by atoms with van der Waals surface area (Å²) in [7, 11) is -2.71. The van der Waals surface area contributed by atoms with Gasteiger partial charge >= 0.3 is 0 Å². The minimum atomic E-state index is -1.42. The van der Waals surface area contributed by atoms with Crippen LogP contribution >= 0.6 is 0 Å². The summed E-state index contributed by atoms with van der Waals surface area (Å²) in [4.78, 5) is 0. The third kappa shape index (κ3) is 28.5. The van der Waals surface area contributed by atoms with Crippen molar-refractivity contribution in [3.05, 3.63) is 0 Å². The van der Waals surface area contributed by atoms with Crippen molar-refractivity contribution in [1.29, 1.82) is 0 Å². The van der Waals surface area contributed by atoms with E-state index in [1.165, 1.54) is 128 Å². The fourth-order valence-electron chi connectivity index (χ4n) is 4.53. The lowest BCUT2D eigenvalue weighted by Gasteiger charge is -2.26. The zero-order chi connectivity index (χ0) is 24.8. The van der Waals surface area contributed by atoms with E-state index in [1.54, 1.807) is 0 Å². The Bertz CT molecular complexity index is 401. The van der Waals surface area contributed by atoms with Gasteiger partial charge in [0.15, 0.2) is 16.6 Å². The third-order valence-electron chi connectivity index (χ3n) is 6.36. The van der Waals surface area contributed by atoms with E-state index in [2.05, 4.69) is 46.2 Å². The highest BCUT2D eigenvalue weighted by molar-refractivity contribution is 6.70. The molecule has 0 amide bonds. The first-order valence-electron chi connectivity index (χ1n) is 15.0. The highest BCUT2D eigenvalue weighted by atomic mass is 28.4. The molecule has 0 rings (SSSR count). The molecule has 33 heavy (non-hydrogen) atoms. The fraction of sp³-hybridized carbons (Fsp3) is 1.00. The Balaban J connectivity index is 3.56. The summed E-state index contributed by atoms with van der Waals surface area (Å²) in [5, 5.41) is 0. The first kappa shape index (κ1) is 33.4. The van der Waals surface area contributed by atoms with Crippen LogP contribution < -0.4 is 0 Å². The predicted molar refractivity (Wildman–Crippen MR) is 156 cm³/mol. The van der Waals surface area contributed by atoms with Crippen molar-refractivity contribution in [2.45, 2.75) is 181 Å². The molecule has 0 fully saturated rings. The van der Waals surface area contributed by atoms with Gasteiger partial charge < -0.3 is 8.85 Å². The van der Waals surface area contributed by atoms with Gasteiger partial charge in [0.2, 0.25) is 0 Å². The Morgan fingerprint density at radius 1 is 0.455 bits per heavy atom. The predicted octanol–water partition coefficient (Wildman–Crippen LogP) is 10.9. The monoisotopic (exact) mass is 500 g/mol. The molecule has 0 saturated carbocycles. The largest absolute Gasteiger partial charge is 0.418 e. The number of unbranched alkanes of at least 4 members (excludes halogenated alkanes) is 16. The van der Waals surface area contributed by atoms with Crippen molar-refractivity contribution in [3.63, 3.8) is 0 Å². The summed E-state index contributed by atoms with van der Waals surface area (Å²) < 4.78 is 12.5. The Labute approximate surface area is 212 Å². The summed E-state index contributed by atoms with van der Waals surface area (Å²) in [5.41, 5.74) is 0. The van der Waals surface area contributed by atoms with E-state index in [-0.39, 0.29) is 0 Å². The second-order valence-corrected chi connectivity index (χ2v) is 21.4. The van der Waals surface area contributed by atoms with Crippen LogP contribution in [0.25, 0.3) is 0 Å². The van der Waals surface area contributed by atoms with Gasteiger partial charge in [0.1, 0.15) is 0 Å². The Morgan fingerprint density at radius 3 is 1.18 bits per heavy atom. The molecule has 2 nitrogen and oxygen atoms in total. The van der Waals surface area contributed by atoms with E-state index >= 15 is 0 Å². The smallest absolute Gasteiger partial charge is 0.184 e. The summed E-state index contributed by atoms with van der Waals surface area (Å²) >= 11 is 0. The highest BCUT2D eigenvalue weighted by Crippen LogP contribution is 2.20. The second-order valence-electron chi connectivity index (χ2n) is 12.4. The van der Waals surface area contributed by atoms with Gasteiger partial charge in [-0.05, 0) is 58.5 Å². The van der Waals surface area contributed by atoms with Crippen LogP contribution in [0.3, 0.4) is 0 Å². The molecule has 4 heteroatoms. The molecule has 0 aromatic carbocycles. The molecular weight excluding hydrogens is 436 g/mol. The first-order valence-corrected chi connectivity index (χ1v) is 21.8. The second kappa shape index (κ2) is 21.6. The molecule has 1 unspecified atom stereocenters. The van der Waals surface area contributed by atoms with Gasteiger partial charge in [-0.2, -0.15) is 0 Å². The number of rotatable bonds is 25. The third-order valence-corrected chi connectivity index (χ3v) is 8.47. The SMILES string of the molecule is CCCCCCCCC(CCCCCCCCCCCCCCO[Si](C)(C)C)O[Si](C)(C)C. The molecule has 0 spiro atoms. The van der Waals surface area contributed by atoms with Crippen LogP contribution in [0.15, 0.2) is 0 Å². The van der Waals surface area contributed by atoms with Gasteiger partial charge in [-0.1, -0.05) is 116 Å². The molecule has 0 aromatic heterocycles. The van der Waals surface area contributed by atoms with Crippen molar-refractivity contribution >= 4 is 16.6 Å². The zero-order valence-corrected chi connectivity index (χ0v) is 26.2. The van der Waals surface area contributed by atoms with Gasteiger partial charge in [0, 0.05) is 12.7 Å². The van der Waals surface area contributed by atoms with Gasteiger partial charge in [-0.25, -0.2) is 0 Å². The molecule has 0 N–H and O–H groups in total. The van der Waals surface area contributed by atoms with E-state index < -0.39 is 16.6 Å². The molecule has 0 radical (unpaired) electrons. The average Bonchev–Trinajstić information content (AvgIpc) is 2.71. The molecule has 0 aliphatic heterocycles. The zero-order valence-electron chi connectivity index (χ0n) is 24.2. The Hall–Kier alpha value is 0.354. The Morgan fingerprint density at radius 2 is 0.818 bits per heavy atom. The molecule has 0 bridgehead atoms. The van der Waals surface area contributed by atoms with Crippen LogP contribution in [-0.2, 0) is 8.85 Å². The van der Waals surface area contributed by atoms with Gasteiger partial charge in [0.25, 0.3) is 0 Å². The van der Waals surface area contributed by atoms with Gasteiger partial charge in [-0.3, -0.25) is 0 Å². The molecule has 200 valence electrons. The molecule has 0 aliphatic rings. The quantitative estimate of drug-likeness (QED) is 0.0916. The van der Waals surface area contributed by atoms with Crippen LogP contribution in [0.2, 0.25) is 39.3 Å². The lowest BCUT2D eigenvalue weighted by atomic mass is 10.0. The van der Waals surface area contributed by atoms with E-state index in [9.17, 15) is 0 Å². The molecule has 0 aromatic rings. The van der Waals surface area contributed by atoms with Crippen LogP contribution in [0.5, 0.6) is 0 Å². The maximum atomic E-state index is 6.53. The minimum Gasteiger partial charge on any atom is -0.418 e. The molecule has 1 atom stereocenters. The summed E-state index contributed by atoms with van der Waals surface area (Å²) in [6.07, 6.45) is 28.3. The molecule has 0 aliphatic carbocycles. The van der Waals surface area contributed by atoms with Crippen LogP contribution in [0.4, 0.5) is 0 Å². The van der Waals surface area contributed by atoms with Crippen molar-refractivity contribution in [1.82, 2.24) is 0 Å². The van der Waals surface area contributed by atoms with E-state index in [1.807, 2.05) is 0 Å². The van der Waals surface area contributed by atoms with Crippen molar-refractivity contribution in [2.24, 2.45) is 0 Å². The maximum absolute atomic E-state index is 6.53. The normalized spacial score (nSPS) is 13.5. The minimum absolute atomic E-state index is 0.532. The number of hydrogen-bond donors (Lipinski definition) is 0. The average molecular weight is 501 g/mol. The van der Waals surface area contributed by atoms with Crippen LogP contribution in [0, 0.1) is 0 Å². The maximum Gasteiger partial charge on any atom is 0.184 e. The lowest BCUT2D eigenvalue weighted by molar-refractivity contribution is 0.165. The Kier molecular flexibility index (Phi) is 21.9. The summed E-state index contributed by atoms with van der Waals surface area (Å²) in [6, 6.07) is 0. The van der Waals surface area contributed by atoms with Gasteiger partial charge in [0.05, 0.1) is 0 Å². The van der Waals surface area contributed by atoms with Gasteiger partial charge in [-0.15, -0.1) is 0 Å². The summed E-state index contributed by atoms with van der Waals surface area (Å²) in [6.45, 7) is 17.2. The number of hydrogen-bond acceptors (Lipinski definition) is 2.